The summed E-state index contributed by atoms with van der Waals surface area (Å²) in [7, 11) is -0.575. The molecule has 162 valence electrons. The molecule has 2 aromatic carbocycles. The third-order valence-electron chi connectivity index (χ3n) is 5.49. The molecule has 1 amide bonds. The van der Waals surface area contributed by atoms with E-state index in [4.69, 9.17) is 0 Å². The number of carbonyl (C=O) groups excluding carboxylic acids is 1. The summed E-state index contributed by atoms with van der Waals surface area (Å²) >= 11 is 0. The Morgan fingerprint density at radius 3 is 2.33 bits per heavy atom. The van der Waals surface area contributed by atoms with Crippen molar-refractivity contribution < 1.29 is 13.2 Å². The minimum Gasteiger partial charge on any atom is -0.369 e. The molecule has 7 nitrogen and oxygen atoms in total. The zero-order chi connectivity index (χ0) is 21.9. The Morgan fingerprint density at radius 1 is 1.03 bits per heavy atom. The quantitative estimate of drug-likeness (QED) is 0.762. The van der Waals surface area contributed by atoms with Gasteiger partial charge in [0.05, 0.1) is 10.9 Å². The van der Waals surface area contributed by atoms with Gasteiger partial charge in [-0.25, -0.2) is 12.7 Å². The van der Waals surface area contributed by atoms with Gasteiger partial charge >= 0.3 is 0 Å². The molecule has 1 saturated heterocycles. The van der Waals surface area contributed by atoms with Crippen molar-refractivity contribution in [3.8, 4) is 0 Å². The van der Waals surface area contributed by atoms with Crippen molar-refractivity contribution >= 4 is 27.3 Å². The van der Waals surface area contributed by atoms with Crippen LogP contribution >= 0.6 is 0 Å². The van der Waals surface area contributed by atoms with Crippen molar-refractivity contribution in [2.24, 2.45) is 0 Å². The van der Waals surface area contributed by atoms with Gasteiger partial charge in [-0.05, 0) is 49.7 Å². The maximum absolute atomic E-state index is 12.8. The predicted octanol–water partition coefficient (Wildman–Crippen LogP) is 2.39. The molecule has 0 spiro atoms. The largest absolute Gasteiger partial charge is 0.369 e. The zero-order valence-electron chi connectivity index (χ0n) is 18.0. The molecule has 1 heterocycles. The molecule has 1 atom stereocenters. The summed E-state index contributed by atoms with van der Waals surface area (Å²) in [5, 5.41) is 2.86. The van der Waals surface area contributed by atoms with E-state index in [2.05, 4.69) is 46.3 Å². The van der Waals surface area contributed by atoms with Crippen LogP contribution in [0.1, 0.15) is 12.5 Å². The number of aryl methyl sites for hydroxylation is 1. The van der Waals surface area contributed by atoms with Crippen molar-refractivity contribution in [3.63, 3.8) is 0 Å². The number of amides is 1. The SMILES string of the molecule is Cc1cccc(N2CCN(C(C)C(=O)Nc3cccc(S(=O)(=O)N(C)C)c3)CC2)c1. The van der Waals surface area contributed by atoms with E-state index in [0.29, 0.717) is 5.69 Å². The van der Waals surface area contributed by atoms with Gasteiger partial charge in [0.15, 0.2) is 0 Å². The Balaban J connectivity index is 1.61. The fourth-order valence-electron chi connectivity index (χ4n) is 3.55. The first-order valence-corrected chi connectivity index (χ1v) is 11.5. The van der Waals surface area contributed by atoms with E-state index >= 15 is 0 Å². The monoisotopic (exact) mass is 430 g/mol. The number of nitrogens with zero attached hydrogens (tertiary/aromatic N) is 3. The lowest BCUT2D eigenvalue weighted by atomic mass is 10.1. The van der Waals surface area contributed by atoms with Crippen LogP contribution < -0.4 is 10.2 Å². The molecule has 8 heteroatoms. The van der Waals surface area contributed by atoms with Crippen LogP contribution in [0.3, 0.4) is 0 Å². The van der Waals surface area contributed by atoms with Crippen molar-refractivity contribution in [2.75, 3.05) is 50.5 Å². The van der Waals surface area contributed by atoms with Gasteiger partial charge in [-0.1, -0.05) is 18.2 Å². The van der Waals surface area contributed by atoms with Crippen LogP contribution in [0.4, 0.5) is 11.4 Å². The molecule has 1 aliphatic heterocycles. The Labute approximate surface area is 179 Å². The second kappa shape index (κ2) is 9.16. The Morgan fingerprint density at radius 2 is 1.70 bits per heavy atom. The molecular formula is C22H30N4O3S. The van der Waals surface area contributed by atoms with Crippen LogP contribution in [-0.2, 0) is 14.8 Å². The molecule has 0 saturated carbocycles. The molecule has 1 N–H and O–H groups in total. The smallest absolute Gasteiger partial charge is 0.242 e. The van der Waals surface area contributed by atoms with E-state index in [0.717, 1.165) is 30.5 Å². The number of rotatable bonds is 6. The van der Waals surface area contributed by atoms with Crippen LogP contribution in [0.15, 0.2) is 53.4 Å². The van der Waals surface area contributed by atoms with Crippen molar-refractivity contribution in [1.29, 1.82) is 0 Å². The predicted molar refractivity (Wildman–Crippen MR) is 120 cm³/mol. The maximum Gasteiger partial charge on any atom is 0.242 e. The van der Waals surface area contributed by atoms with E-state index in [9.17, 15) is 13.2 Å². The summed E-state index contributed by atoms with van der Waals surface area (Å²) < 4.78 is 25.8. The van der Waals surface area contributed by atoms with Gasteiger partial charge in [0.1, 0.15) is 0 Å². The number of hydrogen-bond donors (Lipinski definition) is 1. The summed E-state index contributed by atoms with van der Waals surface area (Å²) in [5.41, 5.74) is 2.93. The standard InChI is InChI=1S/C22H30N4O3S/c1-17-7-5-9-20(15-17)26-13-11-25(12-14-26)18(2)22(27)23-19-8-6-10-21(16-19)30(28,29)24(3)4/h5-10,15-16,18H,11-14H2,1-4H3,(H,23,27). The van der Waals surface area contributed by atoms with E-state index in [1.807, 2.05) is 6.92 Å². The maximum atomic E-state index is 12.8. The molecule has 0 bridgehead atoms. The fourth-order valence-corrected chi connectivity index (χ4v) is 4.50. The molecule has 1 aliphatic rings. The van der Waals surface area contributed by atoms with E-state index < -0.39 is 10.0 Å². The van der Waals surface area contributed by atoms with Crippen LogP contribution in [0.25, 0.3) is 0 Å². The molecule has 2 aromatic rings. The summed E-state index contributed by atoms with van der Waals surface area (Å²) in [4.78, 5) is 17.4. The Hall–Kier alpha value is -2.42. The minimum atomic E-state index is -3.55. The van der Waals surface area contributed by atoms with E-state index in [1.165, 1.54) is 37.5 Å². The Bertz CT molecular complexity index is 999. The van der Waals surface area contributed by atoms with Crippen LogP contribution in [-0.4, -0.2) is 69.8 Å². The second-order valence-corrected chi connectivity index (χ2v) is 9.99. The summed E-state index contributed by atoms with van der Waals surface area (Å²) in [5.74, 6) is -0.140. The van der Waals surface area contributed by atoms with Gasteiger partial charge in [0.25, 0.3) is 0 Å². The van der Waals surface area contributed by atoms with Crippen LogP contribution in [0.2, 0.25) is 0 Å². The highest BCUT2D eigenvalue weighted by Gasteiger charge is 2.26. The van der Waals surface area contributed by atoms with E-state index in [-0.39, 0.29) is 16.8 Å². The molecule has 1 unspecified atom stereocenters. The van der Waals surface area contributed by atoms with Gasteiger partial charge in [0.2, 0.25) is 15.9 Å². The number of nitrogens with one attached hydrogen (secondary N) is 1. The first-order chi connectivity index (χ1) is 14.2. The van der Waals surface area contributed by atoms with Crippen LogP contribution in [0.5, 0.6) is 0 Å². The third-order valence-corrected chi connectivity index (χ3v) is 7.30. The first kappa shape index (κ1) is 22.3. The van der Waals surface area contributed by atoms with Gasteiger partial charge < -0.3 is 10.2 Å². The molecular weight excluding hydrogens is 400 g/mol. The average Bonchev–Trinajstić information content (AvgIpc) is 2.73. The highest BCUT2D eigenvalue weighted by atomic mass is 32.2. The number of sulfonamides is 1. The number of anilines is 2. The fraction of sp³-hybridized carbons (Fsp3) is 0.409. The lowest BCUT2D eigenvalue weighted by Crippen LogP contribution is -2.52. The summed E-state index contributed by atoms with van der Waals surface area (Å²) in [6.45, 7) is 7.27. The molecule has 30 heavy (non-hydrogen) atoms. The average molecular weight is 431 g/mol. The summed E-state index contributed by atoms with van der Waals surface area (Å²) in [6.07, 6.45) is 0. The number of hydrogen-bond acceptors (Lipinski definition) is 5. The molecule has 0 aromatic heterocycles. The highest BCUT2D eigenvalue weighted by Crippen LogP contribution is 2.20. The van der Waals surface area contributed by atoms with Gasteiger partial charge in [-0.15, -0.1) is 0 Å². The van der Waals surface area contributed by atoms with Gasteiger partial charge in [-0.2, -0.15) is 0 Å². The highest BCUT2D eigenvalue weighted by molar-refractivity contribution is 7.89. The number of benzene rings is 2. The first-order valence-electron chi connectivity index (χ1n) is 10.1. The third kappa shape index (κ3) is 5.00. The van der Waals surface area contributed by atoms with Crippen molar-refractivity contribution in [3.05, 3.63) is 54.1 Å². The Kier molecular flexibility index (Phi) is 6.80. The zero-order valence-corrected chi connectivity index (χ0v) is 18.8. The van der Waals surface area contributed by atoms with Gasteiger partial charge in [0, 0.05) is 51.6 Å². The minimum absolute atomic E-state index is 0.140. The molecule has 0 radical (unpaired) electrons. The summed E-state index contributed by atoms with van der Waals surface area (Å²) in [6, 6.07) is 14.5. The lowest BCUT2D eigenvalue weighted by molar-refractivity contribution is -0.120. The van der Waals surface area contributed by atoms with Gasteiger partial charge in [-0.3, -0.25) is 9.69 Å². The lowest BCUT2D eigenvalue weighted by Gasteiger charge is -2.38. The van der Waals surface area contributed by atoms with Crippen LogP contribution in [0, 0.1) is 6.92 Å². The van der Waals surface area contributed by atoms with E-state index in [1.54, 1.807) is 12.1 Å². The number of carbonyl (C=O) groups is 1. The normalized spacial score (nSPS) is 16.5. The molecule has 1 fully saturated rings. The topological polar surface area (TPSA) is 73.0 Å². The van der Waals surface area contributed by atoms with Crippen molar-refractivity contribution in [2.45, 2.75) is 24.8 Å². The molecule has 3 rings (SSSR count). The molecule has 0 aliphatic carbocycles. The number of piperazine rings is 1. The second-order valence-electron chi connectivity index (χ2n) is 7.84. The van der Waals surface area contributed by atoms with Crippen molar-refractivity contribution in [1.82, 2.24) is 9.21 Å².